The molecule has 0 radical (unpaired) electrons. The second-order valence-electron chi connectivity index (χ2n) is 6.36. The number of hydrogen-bond donors (Lipinski definition) is 0. The Morgan fingerprint density at radius 2 is 2.09 bits per heavy atom. The highest BCUT2D eigenvalue weighted by Crippen LogP contribution is 2.32. The topological polar surface area (TPSA) is 38.8 Å². The number of amides is 1. The zero-order chi connectivity index (χ0) is 15.5. The van der Waals surface area contributed by atoms with E-state index in [2.05, 4.69) is 6.92 Å². The van der Waals surface area contributed by atoms with Crippen LogP contribution in [0.1, 0.15) is 32.3 Å². The van der Waals surface area contributed by atoms with E-state index in [1.54, 1.807) is 0 Å². The summed E-state index contributed by atoms with van der Waals surface area (Å²) in [4.78, 5) is 14.3. The number of carbonyl (C=O) groups is 1. The average molecular weight is 303 g/mol. The molecule has 22 heavy (non-hydrogen) atoms. The van der Waals surface area contributed by atoms with Crippen molar-refractivity contribution in [3.8, 4) is 5.75 Å². The number of likely N-dealkylation sites (tertiary alicyclic amines) is 1. The Labute approximate surface area is 132 Å². The lowest BCUT2D eigenvalue weighted by Gasteiger charge is -2.18. The van der Waals surface area contributed by atoms with Gasteiger partial charge in [-0.05, 0) is 44.4 Å². The van der Waals surface area contributed by atoms with Crippen molar-refractivity contribution in [1.82, 2.24) is 4.90 Å². The summed E-state index contributed by atoms with van der Waals surface area (Å²) in [5, 5.41) is 0. The van der Waals surface area contributed by atoms with Gasteiger partial charge in [0.15, 0.2) is 0 Å². The van der Waals surface area contributed by atoms with Crippen LogP contribution < -0.4 is 4.74 Å². The van der Waals surface area contributed by atoms with Crippen molar-refractivity contribution >= 4 is 5.91 Å². The van der Waals surface area contributed by atoms with Gasteiger partial charge in [-0.3, -0.25) is 4.79 Å². The Kier molecular flexibility index (Phi) is 4.67. The maximum atomic E-state index is 12.3. The molecular weight excluding hydrogens is 278 g/mol. The molecule has 4 nitrogen and oxygen atoms in total. The zero-order valence-electron chi connectivity index (χ0n) is 13.5. The number of hydrogen-bond acceptors (Lipinski definition) is 3. The van der Waals surface area contributed by atoms with Crippen molar-refractivity contribution in [3.63, 3.8) is 0 Å². The molecule has 2 saturated heterocycles. The summed E-state index contributed by atoms with van der Waals surface area (Å²) in [6, 6.07) is 8.03. The van der Waals surface area contributed by atoms with Gasteiger partial charge >= 0.3 is 0 Å². The molecular formula is C18H25NO3. The predicted molar refractivity (Wildman–Crippen MR) is 85.0 cm³/mol. The smallest absolute Gasteiger partial charge is 0.223 e. The zero-order valence-corrected chi connectivity index (χ0v) is 13.5. The molecule has 0 N–H and O–H groups in total. The second-order valence-corrected chi connectivity index (χ2v) is 6.36. The summed E-state index contributed by atoms with van der Waals surface area (Å²) in [7, 11) is 0. The molecule has 2 fully saturated rings. The van der Waals surface area contributed by atoms with Crippen molar-refractivity contribution in [2.45, 2.75) is 45.3 Å². The van der Waals surface area contributed by atoms with E-state index in [9.17, 15) is 4.79 Å². The summed E-state index contributed by atoms with van der Waals surface area (Å²) < 4.78 is 11.3. The number of fused-ring (bicyclic) bond motifs is 1. The van der Waals surface area contributed by atoms with Crippen LogP contribution >= 0.6 is 0 Å². The number of nitrogens with zero attached hydrogens (tertiary/aromatic N) is 1. The first-order chi connectivity index (χ1) is 10.7. The normalized spacial score (nSPS) is 27.0. The second kappa shape index (κ2) is 6.69. The van der Waals surface area contributed by atoms with Crippen molar-refractivity contribution in [2.75, 3.05) is 19.7 Å². The highest BCUT2D eigenvalue weighted by atomic mass is 16.5. The highest BCUT2D eigenvalue weighted by molar-refractivity contribution is 5.76. The van der Waals surface area contributed by atoms with Gasteiger partial charge in [-0.25, -0.2) is 0 Å². The Bertz CT molecular complexity index is 500. The first-order valence-corrected chi connectivity index (χ1v) is 8.30. The van der Waals surface area contributed by atoms with Crippen LogP contribution in [0.3, 0.4) is 0 Å². The van der Waals surface area contributed by atoms with E-state index in [0.29, 0.717) is 25.0 Å². The Balaban J connectivity index is 1.46. The third kappa shape index (κ3) is 3.43. The van der Waals surface area contributed by atoms with Gasteiger partial charge < -0.3 is 14.4 Å². The lowest BCUT2D eigenvalue weighted by atomic mass is 10.0. The molecule has 3 atom stereocenters. The summed E-state index contributed by atoms with van der Waals surface area (Å²) in [6.07, 6.45) is 3.07. The van der Waals surface area contributed by atoms with Gasteiger partial charge in [0, 0.05) is 25.4 Å². The molecule has 1 aromatic carbocycles. The molecule has 0 spiro atoms. The molecule has 2 aliphatic rings. The van der Waals surface area contributed by atoms with Gasteiger partial charge in [0.1, 0.15) is 5.75 Å². The minimum absolute atomic E-state index is 0.250. The number of carbonyl (C=O) groups excluding carboxylic acids is 1. The standard InChI is InChI=1S/C18H25NO3/c1-3-21-16-7-4-14(5-8-16)6-9-18(20)19-11-15-10-13(2)22-17(15)12-19/h4-5,7-8,13,15,17H,3,6,9-12H2,1-2H3/t13-,15+,17-/m1/s1. The molecule has 0 unspecified atom stereocenters. The van der Waals surface area contributed by atoms with Gasteiger partial charge in [-0.1, -0.05) is 12.1 Å². The van der Waals surface area contributed by atoms with E-state index in [1.165, 1.54) is 5.56 Å². The minimum atomic E-state index is 0.250. The first kappa shape index (κ1) is 15.3. The highest BCUT2D eigenvalue weighted by Gasteiger charge is 2.41. The van der Waals surface area contributed by atoms with E-state index < -0.39 is 0 Å². The average Bonchev–Trinajstić information content (AvgIpc) is 3.04. The third-order valence-electron chi connectivity index (χ3n) is 4.64. The molecule has 0 aliphatic carbocycles. The summed E-state index contributed by atoms with van der Waals surface area (Å²) >= 11 is 0. The van der Waals surface area contributed by atoms with E-state index in [1.807, 2.05) is 36.1 Å². The fourth-order valence-corrected chi connectivity index (χ4v) is 3.53. The van der Waals surface area contributed by atoms with Crippen LogP contribution in [0.4, 0.5) is 0 Å². The fourth-order valence-electron chi connectivity index (χ4n) is 3.53. The SMILES string of the molecule is CCOc1ccc(CCC(=O)N2C[C@@H]3C[C@@H](C)O[C@@H]3C2)cc1. The molecule has 3 rings (SSSR count). The molecule has 4 heteroatoms. The van der Waals surface area contributed by atoms with Crippen molar-refractivity contribution < 1.29 is 14.3 Å². The molecule has 1 aromatic rings. The van der Waals surface area contributed by atoms with Gasteiger partial charge in [0.2, 0.25) is 5.91 Å². The van der Waals surface area contributed by atoms with E-state index in [0.717, 1.165) is 31.7 Å². The number of benzene rings is 1. The lowest BCUT2D eigenvalue weighted by Crippen LogP contribution is -2.31. The Hall–Kier alpha value is -1.55. The Morgan fingerprint density at radius 1 is 1.32 bits per heavy atom. The summed E-state index contributed by atoms with van der Waals surface area (Å²) in [5.41, 5.74) is 1.18. The monoisotopic (exact) mass is 303 g/mol. The molecule has 0 aromatic heterocycles. The molecule has 1 amide bonds. The van der Waals surface area contributed by atoms with Crippen molar-refractivity contribution in [1.29, 1.82) is 0 Å². The largest absolute Gasteiger partial charge is 0.494 e. The van der Waals surface area contributed by atoms with Gasteiger partial charge in [0.05, 0.1) is 18.8 Å². The predicted octanol–water partition coefficient (Wildman–Crippen LogP) is 2.65. The maximum Gasteiger partial charge on any atom is 0.223 e. The third-order valence-corrected chi connectivity index (χ3v) is 4.64. The van der Waals surface area contributed by atoms with Crippen LogP contribution in [0.15, 0.2) is 24.3 Å². The van der Waals surface area contributed by atoms with Crippen LogP contribution in [-0.2, 0) is 16.0 Å². The molecule has 120 valence electrons. The van der Waals surface area contributed by atoms with Crippen LogP contribution in [0.2, 0.25) is 0 Å². The van der Waals surface area contributed by atoms with E-state index in [-0.39, 0.29) is 12.0 Å². The maximum absolute atomic E-state index is 12.3. The molecule has 2 heterocycles. The number of rotatable bonds is 5. The summed E-state index contributed by atoms with van der Waals surface area (Å²) in [6.45, 7) is 6.42. The number of ether oxygens (including phenoxy) is 2. The van der Waals surface area contributed by atoms with E-state index >= 15 is 0 Å². The fraction of sp³-hybridized carbons (Fsp3) is 0.611. The van der Waals surface area contributed by atoms with Crippen LogP contribution in [0.5, 0.6) is 5.75 Å². The van der Waals surface area contributed by atoms with Crippen LogP contribution in [-0.4, -0.2) is 42.7 Å². The van der Waals surface area contributed by atoms with Crippen molar-refractivity contribution in [2.24, 2.45) is 5.92 Å². The molecule has 0 bridgehead atoms. The Morgan fingerprint density at radius 3 is 2.77 bits per heavy atom. The first-order valence-electron chi connectivity index (χ1n) is 8.30. The van der Waals surface area contributed by atoms with Crippen LogP contribution in [0, 0.1) is 5.92 Å². The van der Waals surface area contributed by atoms with Gasteiger partial charge in [-0.2, -0.15) is 0 Å². The minimum Gasteiger partial charge on any atom is -0.494 e. The lowest BCUT2D eigenvalue weighted by molar-refractivity contribution is -0.131. The molecule has 0 saturated carbocycles. The number of aryl methyl sites for hydroxylation is 1. The van der Waals surface area contributed by atoms with Gasteiger partial charge in [0.25, 0.3) is 0 Å². The summed E-state index contributed by atoms with van der Waals surface area (Å²) in [5.74, 6) is 1.68. The van der Waals surface area contributed by atoms with E-state index in [4.69, 9.17) is 9.47 Å². The quantitative estimate of drug-likeness (QED) is 0.839. The van der Waals surface area contributed by atoms with Gasteiger partial charge in [-0.15, -0.1) is 0 Å². The van der Waals surface area contributed by atoms with Crippen LogP contribution in [0.25, 0.3) is 0 Å². The van der Waals surface area contributed by atoms with Crippen molar-refractivity contribution in [3.05, 3.63) is 29.8 Å². The molecule has 2 aliphatic heterocycles.